The third-order valence-electron chi connectivity index (χ3n) is 6.69. The molecule has 1 fully saturated rings. The molecule has 2 atom stereocenters. The number of aryl methyl sites for hydroxylation is 1. The van der Waals surface area contributed by atoms with Crippen molar-refractivity contribution < 1.29 is 14.4 Å². The highest BCUT2D eigenvalue weighted by molar-refractivity contribution is 6.11. The molecule has 1 saturated heterocycles. The van der Waals surface area contributed by atoms with Crippen molar-refractivity contribution >= 4 is 34.3 Å². The summed E-state index contributed by atoms with van der Waals surface area (Å²) < 4.78 is 0. The number of carbonyl (C=O) groups is 3. The molecular weight excluding hydrogens is 402 g/mol. The summed E-state index contributed by atoms with van der Waals surface area (Å²) in [5.74, 6) is -0.667. The van der Waals surface area contributed by atoms with Gasteiger partial charge in [-0.1, -0.05) is 54.6 Å². The van der Waals surface area contributed by atoms with Crippen molar-refractivity contribution in [2.75, 3.05) is 11.4 Å². The predicted molar refractivity (Wildman–Crippen MR) is 123 cm³/mol. The number of urea groups is 1. The van der Waals surface area contributed by atoms with Crippen LogP contribution in [0.1, 0.15) is 31.4 Å². The van der Waals surface area contributed by atoms with E-state index in [-0.39, 0.29) is 18.5 Å². The van der Waals surface area contributed by atoms with Crippen molar-refractivity contribution in [3.05, 3.63) is 77.9 Å². The Morgan fingerprint density at radius 1 is 1.03 bits per heavy atom. The molecule has 2 aliphatic rings. The molecular formula is C26H25N3O3. The molecule has 3 aromatic rings. The van der Waals surface area contributed by atoms with Crippen LogP contribution in [0.2, 0.25) is 0 Å². The van der Waals surface area contributed by atoms with Gasteiger partial charge in [0, 0.05) is 11.7 Å². The lowest BCUT2D eigenvalue weighted by Crippen LogP contribution is -2.49. The van der Waals surface area contributed by atoms with Crippen LogP contribution in [0.5, 0.6) is 0 Å². The van der Waals surface area contributed by atoms with Gasteiger partial charge >= 0.3 is 6.03 Å². The Balaban J connectivity index is 1.42. The minimum Gasteiger partial charge on any atom is -0.319 e. The zero-order valence-electron chi connectivity index (χ0n) is 18.2. The van der Waals surface area contributed by atoms with Gasteiger partial charge in [-0.2, -0.15) is 0 Å². The molecule has 1 N–H and O–H groups in total. The maximum absolute atomic E-state index is 13.4. The Bertz CT molecular complexity index is 1250. The Morgan fingerprint density at radius 3 is 2.56 bits per heavy atom. The van der Waals surface area contributed by atoms with Gasteiger partial charge in [0.1, 0.15) is 12.1 Å². The molecule has 0 aliphatic carbocycles. The summed E-state index contributed by atoms with van der Waals surface area (Å²) in [5.41, 5.74) is 1.45. The van der Waals surface area contributed by atoms with Crippen LogP contribution in [0.15, 0.2) is 66.7 Å². The summed E-state index contributed by atoms with van der Waals surface area (Å²) in [6.07, 6.45) is 1.75. The Morgan fingerprint density at radius 2 is 1.75 bits per heavy atom. The molecule has 0 saturated carbocycles. The molecule has 0 unspecified atom stereocenters. The van der Waals surface area contributed by atoms with Crippen LogP contribution in [-0.4, -0.2) is 35.3 Å². The summed E-state index contributed by atoms with van der Waals surface area (Å²) in [4.78, 5) is 42.3. The average molecular weight is 428 g/mol. The first-order chi connectivity index (χ1) is 15.4. The lowest BCUT2D eigenvalue weighted by Gasteiger charge is -2.36. The number of hydrogen-bond donors (Lipinski definition) is 1. The average Bonchev–Trinajstić information content (AvgIpc) is 3.02. The van der Waals surface area contributed by atoms with E-state index in [1.165, 1.54) is 0 Å². The highest BCUT2D eigenvalue weighted by atomic mass is 16.2. The van der Waals surface area contributed by atoms with Crippen LogP contribution in [0.25, 0.3) is 10.8 Å². The van der Waals surface area contributed by atoms with E-state index in [1.54, 1.807) is 11.8 Å². The van der Waals surface area contributed by atoms with Gasteiger partial charge in [0.2, 0.25) is 5.91 Å². The minimum atomic E-state index is -1.22. The molecule has 5 rings (SSSR count). The SMILES string of the molecule is C[C@@H]1CCc2ccccc2N1C(=O)CN1C(=O)N[C@@](C)(c2ccc3ccccc3c2)C1=O. The Labute approximate surface area is 186 Å². The largest absolute Gasteiger partial charge is 0.325 e. The monoisotopic (exact) mass is 427 g/mol. The highest BCUT2D eigenvalue weighted by Crippen LogP contribution is 2.33. The van der Waals surface area contributed by atoms with Gasteiger partial charge in [-0.05, 0) is 60.7 Å². The maximum atomic E-state index is 13.4. The second kappa shape index (κ2) is 7.48. The number of nitrogens with one attached hydrogen (secondary N) is 1. The van der Waals surface area contributed by atoms with Crippen LogP contribution < -0.4 is 10.2 Å². The van der Waals surface area contributed by atoms with Crippen molar-refractivity contribution in [1.29, 1.82) is 0 Å². The number of imide groups is 1. The number of hydrogen-bond acceptors (Lipinski definition) is 3. The maximum Gasteiger partial charge on any atom is 0.325 e. The number of benzene rings is 3. The smallest absolute Gasteiger partial charge is 0.319 e. The van der Waals surface area contributed by atoms with Crippen molar-refractivity contribution in [3.8, 4) is 0 Å². The molecule has 4 amide bonds. The van der Waals surface area contributed by atoms with Gasteiger partial charge in [-0.15, -0.1) is 0 Å². The third kappa shape index (κ3) is 3.14. The molecule has 2 aliphatic heterocycles. The van der Waals surface area contributed by atoms with Gasteiger partial charge in [-0.25, -0.2) is 4.79 Å². The first kappa shape index (κ1) is 20.2. The molecule has 0 spiro atoms. The molecule has 0 radical (unpaired) electrons. The molecule has 0 bridgehead atoms. The van der Waals surface area contributed by atoms with Gasteiger partial charge in [0.25, 0.3) is 5.91 Å². The number of carbonyl (C=O) groups excluding carboxylic acids is 3. The minimum absolute atomic E-state index is 0.00466. The van der Waals surface area contributed by atoms with E-state index in [1.807, 2.05) is 73.7 Å². The third-order valence-corrected chi connectivity index (χ3v) is 6.69. The standard InChI is InChI=1S/C26H25N3O3/c1-17-11-12-19-8-5-6-10-22(19)29(17)23(30)16-28-24(31)26(2,27-25(28)32)21-14-13-18-7-3-4-9-20(18)15-21/h3-10,13-15,17H,11-12,16H2,1-2H3,(H,27,32)/t17-,26+/m1/s1. The number of anilines is 1. The lowest BCUT2D eigenvalue weighted by molar-refractivity contribution is -0.134. The van der Waals surface area contributed by atoms with E-state index < -0.39 is 17.5 Å². The van der Waals surface area contributed by atoms with E-state index >= 15 is 0 Å². The van der Waals surface area contributed by atoms with Gasteiger partial charge in [0.15, 0.2) is 0 Å². The molecule has 162 valence electrons. The fraction of sp³-hybridized carbons (Fsp3) is 0.269. The lowest BCUT2D eigenvalue weighted by atomic mass is 9.90. The fourth-order valence-corrected chi connectivity index (χ4v) is 4.82. The fourth-order valence-electron chi connectivity index (χ4n) is 4.82. The van der Waals surface area contributed by atoms with Crippen LogP contribution in [0, 0.1) is 0 Å². The van der Waals surface area contributed by atoms with Crippen molar-refractivity contribution in [2.45, 2.75) is 38.3 Å². The van der Waals surface area contributed by atoms with E-state index in [2.05, 4.69) is 5.32 Å². The summed E-state index contributed by atoms with van der Waals surface area (Å²) in [5, 5.41) is 4.86. The van der Waals surface area contributed by atoms with Crippen molar-refractivity contribution in [2.24, 2.45) is 0 Å². The van der Waals surface area contributed by atoms with Crippen LogP contribution in [-0.2, 0) is 21.5 Å². The van der Waals surface area contributed by atoms with E-state index in [0.717, 1.165) is 39.8 Å². The number of amides is 4. The topological polar surface area (TPSA) is 69.7 Å². The van der Waals surface area contributed by atoms with Gasteiger partial charge < -0.3 is 10.2 Å². The van der Waals surface area contributed by atoms with Crippen LogP contribution in [0.3, 0.4) is 0 Å². The highest BCUT2D eigenvalue weighted by Gasteiger charge is 2.50. The van der Waals surface area contributed by atoms with E-state index in [0.29, 0.717) is 5.56 Å². The summed E-state index contributed by atoms with van der Waals surface area (Å²) in [6, 6.07) is 20.9. The molecule has 2 heterocycles. The van der Waals surface area contributed by atoms with Gasteiger partial charge in [0.05, 0.1) is 0 Å². The first-order valence-electron chi connectivity index (χ1n) is 10.9. The molecule has 3 aromatic carbocycles. The second-order valence-electron chi connectivity index (χ2n) is 8.79. The zero-order chi connectivity index (χ0) is 22.5. The van der Waals surface area contributed by atoms with Crippen LogP contribution >= 0.6 is 0 Å². The number of rotatable bonds is 3. The Kier molecular flexibility index (Phi) is 4.73. The summed E-state index contributed by atoms with van der Waals surface area (Å²) in [6.45, 7) is 3.41. The van der Waals surface area contributed by atoms with Crippen molar-refractivity contribution in [1.82, 2.24) is 10.2 Å². The van der Waals surface area contributed by atoms with Crippen LogP contribution in [0.4, 0.5) is 10.5 Å². The summed E-state index contributed by atoms with van der Waals surface area (Å²) >= 11 is 0. The zero-order valence-corrected chi connectivity index (χ0v) is 18.2. The second-order valence-corrected chi connectivity index (χ2v) is 8.79. The normalized spacial score (nSPS) is 22.8. The molecule has 32 heavy (non-hydrogen) atoms. The Hall–Kier alpha value is -3.67. The number of fused-ring (bicyclic) bond motifs is 2. The van der Waals surface area contributed by atoms with Gasteiger partial charge in [-0.3, -0.25) is 14.5 Å². The first-order valence-corrected chi connectivity index (χ1v) is 10.9. The predicted octanol–water partition coefficient (Wildman–Crippen LogP) is 3.97. The number of para-hydroxylation sites is 1. The summed E-state index contributed by atoms with van der Waals surface area (Å²) in [7, 11) is 0. The van der Waals surface area contributed by atoms with E-state index in [9.17, 15) is 14.4 Å². The quantitative estimate of drug-likeness (QED) is 0.643. The molecule has 6 nitrogen and oxygen atoms in total. The van der Waals surface area contributed by atoms with Crippen molar-refractivity contribution in [3.63, 3.8) is 0 Å². The number of nitrogens with zero attached hydrogens (tertiary/aromatic N) is 2. The van der Waals surface area contributed by atoms with E-state index in [4.69, 9.17) is 0 Å². The molecule has 6 heteroatoms. The molecule has 0 aromatic heterocycles.